The standard InChI is InChI=1S/C13H14BrNO3S/c1-9-7-12(5-6-13(9)14)19(16,17)15-8-11-4-3-10(2)18-11/h3-7,15H,8H2,1-2H3. The zero-order valence-corrected chi connectivity index (χ0v) is 13.0. The van der Waals surface area contributed by atoms with Gasteiger partial charge in [0.05, 0.1) is 11.4 Å². The molecule has 4 nitrogen and oxygen atoms in total. The van der Waals surface area contributed by atoms with Gasteiger partial charge in [-0.25, -0.2) is 13.1 Å². The highest BCUT2D eigenvalue weighted by atomic mass is 79.9. The molecule has 2 rings (SSSR count). The molecule has 0 fully saturated rings. The fourth-order valence-corrected chi connectivity index (χ4v) is 2.94. The van der Waals surface area contributed by atoms with Crippen LogP contribution < -0.4 is 4.72 Å². The first-order valence-corrected chi connectivity index (χ1v) is 7.97. The Labute approximate surface area is 121 Å². The van der Waals surface area contributed by atoms with Gasteiger partial charge in [-0.2, -0.15) is 0 Å². The largest absolute Gasteiger partial charge is 0.465 e. The lowest BCUT2D eigenvalue weighted by Crippen LogP contribution is -2.23. The molecule has 0 saturated heterocycles. The number of nitrogens with one attached hydrogen (secondary N) is 1. The molecular weight excluding hydrogens is 330 g/mol. The van der Waals surface area contributed by atoms with Crippen molar-refractivity contribution in [2.75, 3.05) is 0 Å². The quantitative estimate of drug-likeness (QED) is 0.927. The number of hydrogen-bond donors (Lipinski definition) is 1. The molecule has 0 unspecified atom stereocenters. The molecule has 0 atom stereocenters. The van der Waals surface area contributed by atoms with Crippen molar-refractivity contribution in [3.8, 4) is 0 Å². The van der Waals surface area contributed by atoms with Crippen molar-refractivity contribution in [3.63, 3.8) is 0 Å². The number of aryl methyl sites for hydroxylation is 2. The molecule has 0 aliphatic carbocycles. The van der Waals surface area contributed by atoms with E-state index in [-0.39, 0.29) is 11.4 Å². The average molecular weight is 344 g/mol. The average Bonchev–Trinajstić information content (AvgIpc) is 2.76. The Morgan fingerprint density at radius 2 is 1.95 bits per heavy atom. The minimum Gasteiger partial charge on any atom is -0.465 e. The van der Waals surface area contributed by atoms with Crippen LogP contribution in [0.25, 0.3) is 0 Å². The van der Waals surface area contributed by atoms with Crippen LogP contribution in [0.4, 0.5) is 0 Å². The molecule has 1 aromatic heterocycles. The molecule has 102 valence electrons. The van der Waals surface area contributed by atoms with E-state index in [4.69, 9.17) is 4.42 Å². The SMILES string of the molecule is Cc1ccc(CNS(=O)(=O)c2ccc(Br)c(C)c2)o1. The molecule has 0 radical (unpaired) electrons. The third-order valence-electron chi connectivity index (χ3n) is 2.67. The molecule has 0 spiro atoms. The second-order valence-corrected chi connectivity index (χ2v) is 6.87. The third kappa shape index (κ3) is 3.46. The lowest BCUT2D eigenvalue weighted by atomic mass is 10.2. The van der Waals surface area contributed by atoms with E-state index in [2.05, 4.69) is 20.7 Å². The van der Waals surface area contributed by atoms with Crippen LogP contribution in [0.2, 0.25) is 0 Å². The predicted octanol–water partition coefficient (Wildman–Crippen LogP) is 3.14. The van der Waals surface area contributed by atoms with Gasteiger partial charge in [-0.1, -0.05) is 15.9 Å². The van der Waals surface area contributed by atoms with Crippen molar-refractivity contribution in [2.45, 2.75) is 25.3 Å². The van der Waals surface area contributed by atoms with E-state index >= 15 is 0 Å². The minimum atomic E-state index is -3.52. The van der Waals surface area contributed by atoms with E-state index in [1.165, 1.54) is 0 Å². The lowest BCUT2D eigenvalue weighted by molar-refractivity contribution is 0.475. The Kier molecular flexibility index (Phi) is 4.13. The van der Waals surface area contributed by atoms with Gasteiger partial charge in [-0.15, -0.1) is 0 Å². The number of halogens is 1. The monoisotopic (exact) mass is 343 g/mol. The second-order valence-electron chi connectivity index (χ2n) is 4.25. The van der Waals surface area contributed by atoms with Crippen molar-refractivity contribution in [1.82, 2.24) is 4.72 Å². The van der Waals surface area contributed by atoms with E-state index in [0.29, 0.717) is 5.76 Å². The van der Waals surface area contributed by atoms with E-state index in [1.807, 2.05) is 13.8 Å². The molecule has 0 aliphatic heterocycles. The van der Waals surface area contributed by atoms with Gasteiger partial charge < -0.3 is 4.42 Å². The van der Waals surface area contributed by atoms with Gasteiger partial charge in [-0.05, 0) is 49.7 Å². The number of sulfonamides is 1. The first-order chi connectivity index (χ1) is 8.88. The number of furan rings is 1. The minimum absolute atomic E-state index is 0.144. The summed E-state index contributed by atoms with van der Waals surface area (Å²) in [6, 6.07) is 8.46. The molecule has 2 aromatic rings. The van der Waals surface area contributed by atoms with Crippen molar-refractivity contribution >= 4 is 26.0 Å². The van der Waals surface area contributed by atoms with E-state index < -0.39 is 10.0 Å². The topological polar surface area (TPSA) is 59.3 Å². The highest BCUT2D eigenvalue weighted by molar-refractivity contribution is 9.10. The van der Waals surface area contributed by atoms with Gasteiger partial charge in [0, 0.05) is 4.47 Å². The normalized spacial score (nSPS) is 11.7. The molecule has 0 amide bonds. The summed E-state index contributed by atoms with van der Waals surface area (Å²) < 4.78 is 32.9. The van der Waals surface area contributed by atoms with Crippen LogP contribution >= 0.6 is 15.9 Å². The maximum atomic E-state index is 12.1. The van der Waals surface area contributed by atoms with Crippen LogP contribution in [0, 0.1) is 13.8 Å². The van der Waals surface area contributed by atoms with Crippen LogP contribution in [0.15, 0.2) is 44.1 Å². The molecule has 0 aliphatic rings. The summed E-state index contributed by atoms with van der Waals surface area (Å²) in [7, 11) is -3.52. The number of benzene rings is 1. The van der Waals surface area contributed by atoms with Gasteiger partial charge in [-0.3, -0.25) is 0 Å². The van der Waals surface area contributed by atoms with Crippen LogP contribution in [-0.2, 0) is 16.6 Å². The first-order valence-electron chi connectivity index (χ1n) is 5.69. The summed E-state index contributed by atoms with van der Waals surface area (Å²) in [4.78, 5) is 0.247. The first kappa shape index (κ1) is 14.3. The zero-order valence-electron chi connectivity index (χ0n) is 10.6. The van der Waals surface area contributed by atoms with Crippen molar-refractivity contribution in [3.05, 3.63) is 51.9 Å². The maximum Gasteiger partial charge on any atom is 0.240 e. The van der Waals surface area contributed by atoms with Gasteiger partial charge in [0.2, 0.25) is 10.0 Å². The highest BCUT2D eigenvalue weighted by Gasteiger charge is 2.15. The molecule has 1 N–H and O–H groups in total. The second kappa shape index (κ2) is 5.48. The van der Waals surface area contributed by atoms with Gasteiger partial charge >= 0.3 is 0 Å². The Bertz CT molecular complexity index is 692. The van der Waals surface area contributed by atoms with E-state index in [1.54, 1.807) is 30.3 Å². The van der Waals surface area contributed by atoms with Gasteiger partial charge in [0.15, 0.2) is 0 Å². The Morgan fingerprint density at radius 3 is 2.53 bits per heavy atom. The summed E-state index contributed by atoms with van der Waals surface area (Å²) >= 11 is 3.34. The molecule has 1 heterocycles. The van der Waals surface area contributed by atoms with E-state index in [9.17, 15) is 8.42 Å². The van der Waals surface area contributed by atoms with Crippen molar-refractivity contribution in [2.24, 2.45) is 0 Å². The smallest absolute Gasteiger partial charge is 0.240 e. The summed E-state index contributed by atoms with van der Waals surface area (Å²) in [5.74, 6) is 1.35. The number of hydrogen-bond acceptors (Lipinski definition) is 3. The van der Waals surface area contributed by atoms with Crippen LogP contribution in [0.5, 0.6) is 0 Å². The van der Waals surface area contributed by atoms with Crippen LogP contribution in [-0.4, -0.2) is 8.42 Å². The molecule has 1 aromatic carbocycles. The lowest BCUT2D eigenvalue weighted by Gasteiger charge is -2.07. The van der Waals surface area contributed by atoms with Gasteiger partial charge in [0.1, 0.15) is 11.5 Å². The number of rotatable bonds is 4. The molecular formula is C13H14BrNO3S. The molecule has 19 heavy (non-hydrogen) atoms. The summed E-state index contributed by atoms with van der Waals surface area (Å²) in [5.41, 5.74) is 0.872. The molecule has 6 heteroatoms. The summed E-state index contributed by atoms with van der Waals surface area (Å²) in [6.07, 6.45) is 0. The van der Waals surface area contributed by atoms with Crippen molar-refractivity contribution in [1.29, 1.82) is 0 Å². The Morgan fingerprint density at radius 1 is 1.21 bits per heavy atom. The summed E-state index contributed by atoms with van der Waals surface area (Å²) in [6.45, 7) is 3.81. The van der Waals surface area contributed by atoms with Crippen LogP contribution in [0.1, 0.15) is 17.1 Å². The molecule has 0 bridgehead atoms. The third-order valence-corrected chi connectivity index (χ3v) is 4.96. The van der Waals surface area contributed by atoms with E-state index in [0.717, 1.165) is 15.8 Å². The van der Waals surface area contributed by atoms with Crippen LogP contribution in [0.3, 0.4) is 0 Å². The zero-order chi connectivity index (χ0) is 14.0. The fourth-order valence-electron chi connectivity index (χ4n) is 1.61. The molecule has 0 saturated carbocycles. The highest BCUT2D eigenvalue weighted by Crippen LogP contribution is 2.20. The Hall–Kier alpha value is -1.11. The van der Waals surface area contributed by atoms with Crippen molar-refractivity contribution < 1.29 is 12.8 Å². The Balaban J connectivity index is 2.16. The van der Waals surface area contributed by atoms with Gasteiger partial charge in [0.25, 0.3) is 0 Å². The fraction of sp³-hybridized carbons (Fsp3) is 0.231. The summed E-state index contributed by atoms with van der Waals surface area (Å²) in [5, 5.41) is 0. The maximum absolute atomic E-state index is 12.1. The predicted molar refractivity (Wildman–Crippen MR) is 76.3 cm³/mol.